The number of anilines is 1. The molecule has 0 bridgehead atoms. The van der Waals surface area contributed by atoms with Crippen LogP contribution in [0.4, 0.5) is 5.69 Å². The van der Waals surface area contributed by atoms with E-state index in [4.69, 9.17) is 10.5 Å². The molecule has 3 nitrogen and oxygen atoms in total. The van der Waals surface area contributed by atoms with Crippen molar-refractivity contribution in [2.24, 2.45) is 11.8 Å². The highest BCUT2D eigenvalue weighted by Gasteiger charge is 2.09. The molecule has 0 spiro atoms. The van der Waals surface area contributed by atoms with Crippen LogP contribution in [0.5, 0.6) is 5.75 Å². The van der Waals surface area contributed by atoms with E-state index in [0.29, 0.717) is 0 Å². The maximum atomic E-state index is 6.01. The van der Waals surface area contributed by atoms with E-state index in [1.807, 2.05) is 12.1 Å². The molecule has 21 heavy (non-hydrogen) atoms. The first-order valence-electron chi connectivity index (χ1n) is 8.07. The molecule has 2 N–H and O–H groups in total. The molecule has 0 unspecified atom stereocenters. The second-order valence-corrected chi connectivity index (χ2v) is 6.72. The second-order valence-electron chi connectivity index (χ2n) is 6.72. The van der Waals surface area contributed by atoms with E-state index in [-0.39, 0.29) is 0 Å². The van der Waals surface area contributed by atoms with Gasteiger partial charge in [-0.05, 0) is 55.5 Å². The molecule has 0 amide bonds. The summed E-state index contributed by atoms with van der Waals surface area (Å²) in [5.41, 5.74) is 8.00. The Balaban J connectivity index is 2.67. The molecule has 1 rings (SSSR count). The summed E-state index contributed by atoms with van der Waals surface area (Å²) in [6.45, 7) is 12.4. The van der Waals surface area contributed by atoms with E-state index in [1.54, 1.807) is 7.11 Å². The normalized spacial score (nSPS) is 11.6. The molecule has 0 saturated carbocycles. The van der Waals surface area contributed by atoms with Gasteiger partial charge in [0.1, 0.15) is 5.75 Å². The van der Waals surface area contributed by atoms with Crippen molar-refractivity contribution in [2.45, 2.75) is 47.1 Å². The van der Waals surface area contributed by atoms with Crippen molar-refractivity contribution >= 4 is 5.69 Å². The van der Waals surface area contributed by atoms with Crippen LogP contribution in [0.1, 0.15) is 46.1 Å². The predicted molar refractivity (Wildman–Crippen MR) is 91.6 cm³/mol. The van der Waals surface area contributed by atoms with Crippen molar-refractivity contribution in [2.75, 3.05) is 25.9 Å². The third-order valence-corrected chi connectivity index (χ3v) is 3.75. The first-order chi connectivity index (χ1) is 9.92. The molecule has 120 valence electrons. The fourth-order valence-electron chi connectivity index (χ4n) is 2.29. The van der Waals surface area contributed by atoms with Gasteiger partial charge in [-0.1, -0.05) is 33.8 Å². The van der Waals surface area contributed by atoms with Gasteiger partial charge in [0.25, 0.3) is 0 Å². The van der Waals surface area contributed by atoms with Crippen LogP contribution in [-0.2, 0) is 6.54 Å². The number of nitrogens with two attached hydrogens (primary N) is 1. The lowest BCUT2D eigenvalue weighted by Gasteiger charge is -2.24. The van der Waals surface area contributed by atoms with Crippen molar-refractivity contribution < 1.29 is 4.74 Å². The van der Waals surface area contributed by atoms with Gasteiger partial charge < -0.3 is 10.5 Å². The Morgan fingerprint density at radius 2 is 1.62 bits per heavy atom. The topological polar surface area (TPSA) is 38.5 Å². The van der Waals surface area contributed by atoms with E-state index >= 15 is 0 Å². The van der Waals surface area contributed by atoms with Crippen molar-refractivity contribution in [3.8, 4) is 5.75 Å². The van der Waals surface area contributed by atoms with E-state index in [9.17, 15) is 0 Å². The Morgan fingerprint density at radius 1 is 1.05 bits per heavy atom. The molecule has 0 aliphatic heterocycles. The molecule has 3 heteroatoms. The van der Waals surface area contributed by atoms with Gasteiger partial charge in [0.2, 0.25) is 0 Å². The van der Waals surface area contributed by atoms with Gasteiger partial charge in [0, 0.05) is 6.54 Å². The van der Waals surface area contributed by atoms with Gasteiger partial charge >= 0.3 is 0 Å². The van der Waals surface area contributed by atoms with Crippen LogP contribution in [-0.4, -0.2) is 25.1 Å². The average Bonchev–Trinajstić information content (AvgIpc) is 2.41. The third-order valence-electron chi connectivity index (χ3n) is 3.75. The minimum atomic E-state index is 0.725. The largest absolute Gasteiger partial charge is 0.495 e. The molecule has 0 heterocycles. The fourth-order valence-corrected chi connectivity index (χ4v) is 2.29. The zero-order valence-corrected chi connectivity index (χ0v) is 14.4. The van der Waals surface area contributed by atoms with Gasteiger partial charge in [-0.3, -0.25) is 4.90 Å². The van der Waals surface area contributed by atoms with Crippen LogP contribution in [0, 0.1) is 11.8 Å². The zero-order valence-electron chi connectivity index (χ0n) is 14.4. The van der Waals surface area contributed by atoms with Gasteiger partial charge in [0.15, 0.2) is 0 Å². The monoisotopic (exact) mass is 292 g/mol. The Labute approximate surface area is 130 Å². The van der Waals surface area contributed by atoms with Crippen molar-refractivity contribution in [3.63, 3.8) is 0 Å². The van der Waals surface area contributed by atoms with Crippen LogP contribution in [0.3, 0.4) is 0 Å². The molecule has 0 aromatic heterocycles. The Hall–Kier alpha value is -1.22. The van der Waals surface area contributed by atoms with Gasteiger partial charge in [-0.15, -0.1) is 0 Å². The highest BCUT2D eigenvalue weighted by molar-refractivity contribution is 5.54. The molecule has 0 fully saturated rings. The maximum Gasteiger partial charge on any atom is 0.141 e. The lowest BCUT2D eigenvalue weighted by atomic mass is 10.1. The standard InChI is InChI=1S/C18H32N2O/c1-14(2)8-10-20(11-9-15(3)4)13-16-6-7-18(21-5)17(19)12-16/h6-7,12,14-15H,8-11,13,19H2,1-5H3. The van der Waals surface area contributed by atoms with Crippen molar-refractivity contribution in [3.05, 3.63) is 23.8 Å². The summed E-state index contributed by atoms with van der Waals surface area (Å²) >= 11 is 0. The van der Waals surface area contributed by atoms with Crippen LogP contribution in [0.15, 0.2) is 18.2 Å². The van der Waals surface area contributed by atoms with E-state index < -0.39 is 0 Å². The number of methoxy groups -OCH3 is 1. The number of hydrogen-bond donors (Lipinski definition) is 1. The van der Waals surface area contributed by atoms with Gasteiger partial charge in [-0.2, -0.15) is 0 Å². The van der Waals surface area contributed by atoms with Crippen LogP contribution in [0.25, 0.3) is 0 Å². The number of rotatable bonds is 9. The Kier molecular flexibility index (Phi) is 7.58. The molecule has 1 aromatic carbocycles. The SMILES string of the molecule is COc1ccc(CN(CCC(C)C)CCC(C)C)cc1N. The predicted octanol–water partition coefficient (Wildman–Crippen LogP) is 4.17. The van der Waals surface area contributed by atoms with Gasteiger partial charge in [-0.25, -0.2) is 0 Å². The van der Waals surface area contributed by atoms with Crippen LogP contribution >= 0.6 is 0 Å². The first kappa shape index (κ1) is 17.8. The Morgan fingerprint density at radius 3 is 2.05 bits per heavy atom. The molecule has 0 atom stereocenters. The van der Waals surface area contributed by atoms with Gasteiger partial charge in [0.05, 0.1) is 12.8 Å². The summed E-state index contributed by atoms with van der Waals surface area (Å²) in [6, 6.07) is 6.12. The first-order valence-corrected chi connectivity index (χ1v) is 8.07. The minimum Gasteiger partial charge on any atom is -0.495 e. The quantitative estimate of drug-likeness (QED) is 0.694. The third kappa shape index (κ3) is 6.85. The summed E-state index contributed by atoms with van der Waals surface area (Å²) in [4.78, 5) is 2.54. The molecule has 0 radical (unpaired) electrons. The maximum absolute atomic E-state index is 6.01. The van der Waals surface area contributed by atoms with Crippen LogP contribution in [0.2, 0.25) is 0 Å². The molecular weight excluding hydrogens is 260 g/mol. The summed E-state index contributed by atoms with van der Waals surface area (Å²) in [5, 5.41) is 0. The highest BCUT2D eigenvalue weighted by atomic mass is 16.5. The number of nitrogen functional groups attached to an aromatic ring is 1. The number of nitrogens with zero attached hydrogens (tertiary/aromatic N) is 1. The molecule has 1 aromatic rings. The summed E-state index contributed by atoms with van der Waals surface area (Å²) in [6.07, 6.45) is 2.48. The number of benzene rings is 1. The lowest BCUT2D eigenvalue weighted by Crippen LogP contribution is -2.27. The van der Waals surface area contributed by atoms with E-state index in [1.165, 1.54) is 18.4 Å². The van der Waals surface area contributed by atoms with E-state index in [2.05, 4.69) is 38.7 Å². The number of ether oxygens (including phenoxy) is 1. The number of hydrogen-bond acceptors (Lipinski definition) is 3. The minimum absolute atomic E-state index is 0.725. The smallest absolute Gasteiger partial charge is 0.141 e. The lowest BCUT2D eigenvalue weighted by molar-refractivity contribution is 0.235. The highest BCUT2D eigenvalue weighted by Crippen LogP contribution is 2.23. The van der Waals surface area contributed by atoms with Crippen molar-refractivity contribution in [1.29, 1.82) is 0 Å². The molecule has 0 aliphatic carbocycles. The second kappa shape index (κ2) is 8.93. The van der Waals surface area contributed by atoms with Crippen molar-refractivity contribution in [1.82, 2.24) is 4.90 Å². The summed E-state index contributed by atoms with van der Waals surface area (Å²) in [7, 11) is 1.66. The van der Waals surface area contributed by atoms with E-state index in [0.717, 1.165) is 42.9 Å². The molecule has 0 saturated heterocycles. The summed E-state index contributed by atoms with van der Waals surface area (Å²) in [5.74, 6) is 2.25. The molecular formula is C18H32N2O. The zero-order chi connectivity index (χ0) is 15.8. The summed E-state index contributed by atoms with van der Waals surface area (Å²) < 4.78 is 5.22. The Bertz CT molecular complexity index is 404. The molecule has 0 aliphatic rings. The average molecular weight is 292 g/mol. The van der Waals surface area contributed by atoms with Crippen LogP contribution < -0.4 is 10.5 Å². The fraction of sp³-hybridized carbons (Fsp3) is 0.667.